The second-order valence-electron chi connectivity index (χ2n) is 4.89. The number of halogens is 3. The lowest BCUT2D eigenvalue weighted by Gasteiger charge is -2.17. The molecule has 0 unspecified atom stereocenters. The Hall–Kier alpha value is -0.780. The summed E-state index contributed by atoms with van der Waals surface area (Å²) in [6.45, 7) is 0.279. The van der Waals surface area contributed by atoms with Crippen LogP contribution in [0.2, 0.25) is 15.1 Å². The van der Waals surface area contributed by atoms with Crippen LogP contribution in [0.1, 0.15) is 11.1 Å². The number of rotatable bonds is 5. The molecule has 0 atom stereocenters. The van der Waals surface area contributed by atoms with Gasteiger partial charge in [-0.15, -0.1) is 0 Å². The number of sulfonamides is 1. The zero-order valence-corrected chi connectivity index (χ0v) is 14.8. The van der Waals surface area contributed by atoms with Crippen LogP contribution in [0.15, 0.2) is 42.5 Å². The van der Waals surface area contributed by atoms with E-state index in [1.165, 1.54) is 4.31 Å². The molecule has 2 aromatic rings. The van der Waals surface area contributed by atoms with E-state index >= 15 is 0 Å². The molecule has 0 spiro atoms. The third kappa shape index (κ3) is 4.61. The first kappa shape index (κ1) is 17.6. The van der Waals surface area contributed by atoms with Crippen LogP contribution in [0.3, 0.4) is 0 Å². The molecule has 0 fully saturated rings. The van der Waals surface area contributed by atoms with Crippen molar-refractivity contribution in [3.63, 3.8) is 0 Å². The van der Waals surface area contributed by atoms with E-state index in [0.29, 0.717) is 20.6 Å². The monoisotopic (exact) mass is 377 g/mol. The minimum absolute atomic E-state index is 0.131. The maximum Gasteiger partial charge on any atom is 0.218 e. The number of benzene rings is 2. The highest BCUT2D eigenvalue weighted by molar-refractivity contribution is 7.88. The first-order valence-corrected chi connectivity index (χ1v) is 9.14. The van der Waals surface area contributed by atoms with E-state index in [4.69, 9.17) is 34.8 Å². The van der Waals surface area contributed by atoms with Gasteiger partial charge in [-0.05, 0) is 35.4 Å². The van der Waals surface area contributed by atoms with Gasteiger partial charge in [-0.3, -0.25) is 0 Å². The third-order valence-electron chi connectivity index (χ3n) is 3.13. The van der Waals surface area contributed by atoms with Gasteiger partial charge in [0.25, 0.3) is 0 Å². The van der Waals surface area contributed by atoms with Gasteiger partial charge < -0.3 is 0 Å². The van der Waals surface area contributed by atoms with Crippen LogP contribution in [-0.4, -0.2) is 19.8 Å². The quantitative estimate of drug-likeness (QED) is 0.762. The van der Waals surface area contributed by atoms with Crippen LogP contribution in [-0.2, 0) is 22.3 Å². The van der Waals surface area contributed by atoms with Gasteiger partial charge in [0.1, 0.15) is 0 Å². The fourth-order valence-electron chi connectivity index (χ4n) is 1.90. The van der Waals surface area contributed by atoms with Crippen molar-refractivity contribution in [2.75, 3.05) is 7.05 Å². The normalized spacial score (nSPS) is 11.9. The molecule has 2 aromatic carbocycles. The molecule has 2 rings (SSSR count). The van der Waals surface area contributed by atoms with E-state index in [1.54, 1.807) is 49.5 Å². The average Bonchev–Trinajstić information content (AvgIpc) is 2.45. The fourth-order valence-corrected chi connectivity index (χ4v) is 3.51. The Morgan fingerprint density at radius 2 is 1.50 bits per heavy atom. The van der Waals surface area contributed by atoms with E-state index in [1.807, 2.05) is 0 Å². The molecule has 0 amide bonds. The molecule has 7 heteroatoms. The van der Waals surface area contributed by atoms with Gasteiger partial charge in [-0.2, -0.15) is 0 Å². The van der Waals surface area contributed by atoms with E-state index in [0.717, 1.165) is 5.56 Å². The van der Waals surface area contributed by atoms with Crippen LogP contribution >= 0.6 is 34.8 Å². The number of hydrogen-bond acceptors (Lipinski definition) is 2. The summed E-state index contributed by atoms with van der Waals surface area (Å²) in [5.41, 5.74) is 1.46. The fraction of sp³-hybridized carbons (Fsp3) is 0.200. The Kier molecular flexibility index (Phi) is 5.75. The van der Waals surface area contributed by atoms with Crippen molar-refractivity contribution in [1.82, 2.24) is 4.31 Å². The molecule has 3 nitrogen and oxygen atoms in total. The van der Waals surface area contributed by atoms with Crippen LogP contribution in [0.5, 0.6) is 0 Å². The molecule has 22 heavy (non-hydrogen) atoms. The maximum atomic E-state index is 12.4. The summed E-state index contributed by atoms with van der Waals surface area (Å²) in [7, 11) is -1.91. The van der Waals surface area contributed by atoms with E-state index < -0.39 is 10.0 Å². The molecular weight excluding hydrogens is 365 g/mol. The molecule has 0 N–H and O–H groups in total. The van der Waals surface area contributed by atoms with Crippen molar-refractivity contribution in [3.05, 3.63) is 68.7 Å². The molecule has 118 valence electrons. The summed E-state index contributed by atoms with van der Waals surface area (Å²) in [5, 5.41) is 1.36. The SMILES string of the molecule is CN(Cc1ccc(Cl)cc1)S(=O)(=O)Cc1ccc(Cl)c(Cl)c1. The molecule has 0 bridgehead atoms. The Labute approximate surface area is 145 Å². The highest BCUT2D eigenvalue weighted by Gasteiger charge is 2.19. The van der Waals surface area contributed by atoms with Crippen LogP contribution in [0.25, 0.3) is 0 Å². The highest BCUT2D eigenvalue weighted by Crippen LogP contribution is 2.24. The lowest BCUT2D eigenvalue weighted by molar-refractivity contribution is 0.466. The minimum Gasteiger partial charge on any atom is -0.212 e. The van der Waals surface area contributed by atoms with E-state index in [2.05, 4.69) is 0 Å². The first-order valence-electron chi connectivity index (χ1n) is 6.40. The maximum absolute atomic E-state index is 12.4. The lowest BCUT2D eigenvalue weighted by Crippen LogP contribution is -2.27. The van der Waals surface area contributed by atoms with Gasteiger partial charge in [0, 0.05) is 18.6 Å². The Morgan fingerprint density at radius 1 is 0.909 bits per heavy atom. The number of nitrogens with zero attached hydrogens (tertiary/aromatic N) is 1. The molecule has 0 aliphatic rings. The van der Waals surface area contributed by atoms with Gasteiger partial charge in [-0.25, -0.2) is 12.7 Å². The molecule has 0 aliphatic carbocycles. The van der Waals surface area contributed by atoms with E-state index in [9.17, 15) is 8.42 Å². The van der Waals surface area contributed by atoms with Gasteiger partial charge in [0.05, 0.1) is 15.8 Å². The standard InChI is InChI=1S/C15H14Cl3NO2S/c1-19(9-11-2-5-13(16)6-3-11)22(20,21)10-12-4-7-14(17)15(18)8-12/h2-8H,9-10H2,1H3. The molecule has 0 heterocycles. The van der Waals surface area contributed by atoms with Crippen molar-refractivity contribution >= 4 is 44.8 Å². The van der Waals surface area contributed by atoms with Gasteiger partial charge in [0.15, 0.2) is 0 Å². The van der Waals surface area contributed by atoms with E-state index in [-0.39, 0.29) is 12.3 Å². The molecule has 0 radical (unpaired) electrons. The summed E-state index contributed by atoms with van der Waals surface area (Å²) >= 11 is 17.6. The summed E-state index contributed by atoms with van der Waals surface area (Å²) in [6, 6.07) is 11.9. The average molecular weight is 379 g/mol. The van der Waals surface area contributed by atoms with Crippen LogP contribution < -0.4 is 0 Å². The Bertz CT molecular complexity index is 761. The van der Waals surface area contributed by atoms with Gasteiger partial charge in [-0.1, -0.05) is 53.0 Å². The molecular formula is C15H14Cl3NO2S. The molecule has 0 saturated carbocycles. The first-order chi connectivity index (χ1) is 10.3. The third-order valence-corrected chi connectivity index (χ3v) is 5.89. The smallest absolute Gasteiger partial charge is 0.212 e. The van der Waals surface area contributed by atoms with Gasteiger partial charge in [0.2, 0.25) is 10.0 Å². The second kappa shape index (κ2) is 7.20. The summed E-state index contributed by atoms with van der Waals surface area (Å²) in [5.74, 6) is -0.131. The van der Waals surface area contributed by atoms with Crippen LogP contribution in [0, 0.1) is 0 Å². The minimum atomic E-state index is -3.45. The second-order valence-corrected chi connectivity index (χ2v) is 8.21. The van der Waals surface area contributed by atoms with Crippen molar-refractivity contribution in [3.8, 4) is 0 Å². The largest absolute Gasteiger partial charge is 0.218 e. The Balaban J connectivity index is 2.11. The Morgan fingerprint density at radius 3 is 2.09 bits per heavy atom. The zero-order chi connectivity index (χ0) is 16.3. The summed E-state index contributed by atoms with van der Waals surface area (Å²) in [4.78, 5) is 0. The molecule has 0 aromatic heterocycles. The van der Waals surface area contributed by atoms with Gasteiger partial charge >= 0.3 is 0 Å². The predicted octanol–water partition coefficient (Wildman–Crippen LogP) is 4.61. The topological polar surface area (TPSA) is 37.4 Å². The van der Waals surface area contributed by atoms with Crippen molar-refractivity contribution in [2.24, 2.45) is 0 Å². The van der Waals surface area contributed by atoms with Crippen molar-refractivity contribution in [2.45, 2.75) is 12.3 Å². The zero-order valence-electron chi connectivity index (χ0n) is 11.8. The summed E-state index contributed by atoms with van der Waals surface area (Å²) in [6.07, 6.45) is 0. The summed E-state index contributed by atoms with van der Waals surface area (Å²) < 4.78 is 26.1. The highest BCUT2D eigenvalue weighted by atomic mass is 35.5. The lowest BCUT2D eigenvalue weighted by atomic mass is 10.2. The van der Waals surface area contributed by atoms with Crippen molar-refractivity contribution < 1.29 is 8.42 Å². The predicted molar refractivity (Wildman–Crippen MR) is 92.0 cm³/mol. The molecule has 0 aliphatic heterocycles. The van der Waals surface area contributed by atoms with Crippen LogP contribution in [0.4, 0.5) is 0 Å². The molecule has 0 saturated heterocycles. The number of hydrogen-bond donors (Lipinski definition) is 0. The van der Waals surface area contributed by atoms with Crippen molar-refractivity contribution in [1.29, 1.82) is 0 Å².